The summed E-state index contributed by atoms with van der Waals surface area (Å²) < 4.78 is 0.598. The van der Waals surface area contributed by atoms with Gasteiger partial charge in [0, 0.05) is 5.69 Å². The Morgan fingerprint density at radius 2 is 2.25 bits per heavy atom. The highest BCUT2D eigenvalue weighted by Crippen LogP contribution is 2.35. The molecule has 5 heteroatoms. The van der Waals surface area contributed by atoms with Crippen LogP contribution in [0.15, 0.2) is 22.7 Å². The number of nitrogens with one attached hydrogen (secondary N) is 1. The maximum Gasteiger partial charge on any atom is 0.253 e. The summed E-state index contributed by atoms with van der Waals surface area (Å²) in [6, 6.07) is 5.15. The number of benzene rings is 1. The topological polar surface area (TPSA) is 75.4 Å². The average molecular weight is 285 g/mol. The van der Waals surface area contributed by atoms with Crippen LogP contribution in [-0.2, 0) is 0 Å². The number of nitrogens with two attached hydrogens (primary N) is 1. The van der Waals surface area contributed by atoms with Crippen LogP contribution in [0.4, 0.5) is 5.69 Å². The van der Waals surface area contributed by atoms with Gasteiger partial charge in [-0.25, -0.2) is 0 Å². The van der Waals surface area contributed by atoms with E-state index in [2.05, 4.69) is 21.2 Å². The number of hydrogen-bond donors (Lipinski definition) is 3. The van der Waals surface area contributed by atoms with Gasteiger partial charge >= 0.3 is 0 Å². The molecule has 1 fully saturated rings. The second kappa shape index (κ2) is 4.07. The second-order valence-corrected chi connectivity index (χ2v) is 4.89. The van der Waals surface area contributed by atoms with E-state index in [1.807, 2.05) is 0 Å². The summed E-state index contributed by atoms with van der Waals surface area (Å²) in [5, 5.41) is 12.0. The van der Waals surface area contributed by atoms with Crippen LogP contribution in [0, 0.1) is 0 Å². The maximum absolute atomic E-state index is 11.9. The maximum atomic E-state index is 11.9. The molecule has 16 heavy (non-hydrogen) atoms. The van der Waals surface area contributed by atoms with E-state index in [0.717, 1.165) is 12.8 Å². The Bertz CT molecular complexity index is 430. The number of anilines is 1. The van der Waals surface area contributed by atoms with Crippen molar-refractivity contribution in [3.63, 3.8) is 0 Å². The lowest BCUT2D eigenvalue weighted by atomic mass is 10.1. The molecule has 0 atom stereocenters. The van der Waals surface area contributed by atoms with Crippen LogP contribution in [0.1, 0.15) is 23.2 Å². The van der Waals surface area contributed by atoms with Crippen LogP contribution in [-0.4, -0.2) is 23.2 Å². The van der Waals surface area contributed by atoms with E-state index >= 15 is 0 Å². The third-order valence-corrected chi connectivity index (χ3v) is 3.69. The summed E-state index contributed by atoms with van der Waals surface area (Å²) in [5.74, 6) is -0.203. The second-order valence-electron chi connectivity index (χ2n) is 4.10. The van der Waals surface area contributed by atoms with Crippen LogP contribution in [0.3, 0.4) is 0 Å². The molecule has 1 aliphatic rings. The summed E-state index contributed by atoms with van der Waals surface area (Å²) in [6.45, 7) is -0.0152. The first-order valence-corrected chi connectivity index (χ1v) is 5.85. The fourth-order valence-corrected chi connectivity index (χ4v) is 1.95. The van der Waals surface area contributed by atoms with Gasteiger partial charge in [-0.05, 0) is 40.9 Å². The molecule has 0 aromatic heterocycles. The molecule has 0 heterocycles. The van der Waals surface area contributed by atoms with Gasteiger partial charge in [0.1, 0.15) is 0 Å². The lowest BCUT2D eigenvalue weighted by Gasteiger charge is -2.15. The predicted molar refractivity (Wildman–Crippen MR) is 65.1 cm³/mol. The molecular weight excluding hydrogens is 272 g/mol. The van der Waals surface area contributed by atoms with Crippen molar-refractivity contribution < 1.29 is 9.90 Å². The van der Waals surface area contributed by atoms with Crippen LogP contribution in [0.25, 0.3) is 0 Å². The summed E-state index contributed by atoms with van der Waals surface area (Å²) in [6.07, 6.45) is 1.66. The normalized spacial score (nSPS) is 16.9. The highest BCUT2D eigenvalue weighted by atomic mass is 79.9. The van der Waals surface area contributed by atoms with Gasteiger partial charge in [-0.1, -0.05) is 6.07 Å². The van der Waals surface area contributed by atoms with E-state index in [1.54, 1.807) is 18.2 Å². The molecule has 4 nitrogen and oxygen atoms in total. The third kappa shape index (κ3) is 2.05. The first-order chi connectivity index (χ1) is 7.58. The van der Waals surface area contributed by atoms with Crippen LogP contribution >= 0.6 is 15.9 Å². The molecule has 1 aromatic carbocycles. The first-order valence-electron chi connectivity index (χ1n) is 5.05. The van der Waals surface area contributed by atoms with Gasteiger partial charge in [-0.3, -0.25) is 4.79 Å². The van der Waals surface area contributed by atoms with Gasteiger partial charge in [0.2, 0.25) is 0 Å². The van der Waals surface area contributed by atoms with Gasteiger partial charge in [0.05, 0.1) is 22.2 Å². The Morgan fingerprint density at radius 3 is 2.81 bits per heavy atom. The molecule has 0 spiro atoms. The standard InChI is InChI=1S/C11H13BrN2O2/c12-9-7(2-1-3-8(9)13)10(16)14-11(6-15)4-5-11/h1-3,15H,4-6,13H2,(H,14,16). The molecule has 0 radical (unpaired) electrons. The summed E-state index contributed by atoms with van der Waals surface area (Å²) in [7, 11) is 0. The van der Waals surface area contributed by atoms with Crippen molar-refractivity contribution >= 4 is 27.5 Å². The van der Waals surface area contributed by atoms with Gasteiger partial charge in [0.15, 0.2) is 0 Å². The van der Waals surface area contributed by atoms with Crippen molar-refractivity contribution in [1.82, 2.24) is 5.32 Å². The number of carbonyl (C=O) groups is 1. The van der Waals surface area contributed by atoms with Crippen molar-refractivity contribution in [3.05, 3.63) is 28.2 Å². The lowest BCUT2D eigenvalue weighted by molar-refractivity contribution is 0.0906. The number of nitrogen functional groups attached to an aromatic ring is 1. The molecule has 4 N–H and O–H groups in total. The molecule has 1 saturated carbocycles. The molecular formula is C11H13BrN2O2. The van der Waals surface area contributed by atoms with Crippen LogP contribution < -0.4 is 11.1 Å². The van der Waals surface area contributed by atoms with E-state index in [4.69, 9.17) is 10.8 Å². The Labute approximate surface area is 102 Å². The monoisotopic (exact) mass is 284 g/mol. The lowest BCUT2D eigenvalue weighted by Crippen LogP contribution is -2.39. The molecule has 0 bridgehead atoms. The molecule has 0 saturated heterocycles. The molecule has 0 aliphatic heterocycles. The Kier molecular flexibility index (Phi) is 2.90. The highest BCUT2D eigenvalue weighted by Gasteiger charge is 2.43. The Hall–Kier alpha value is -1.07. The minimum absolute atomic E-state index is 0.0152. The zero-order chi connectivity index (χ0) is 11.8. The van der Waals surface area contributed by atoms with E-state index in [9.17, 15) is 4.79 Å². The van der Waals surface area contributed by atoms with Crippen molar-refractivity contribution in [1.29, 1.82) is 0 Å². The van der Waals surface area contributed by atoms with Gasteiger partial charge in [-0.15, -0.1) is 0 Å². The van der Waals surface area contributed by atoms with Crippen molar-refractivity contribution in [2.75, 3.05) is 12.3 Å². The zero-order valence-electron chi connectivity index (χ0n) is 8.66. The van der Waals surface area contributed by atoms with E-state index in [1.165, 1.54) is 0 Å². The minimum atomic E-state index is -0.402. The average Bonchev–Trinajstić information content (AvgIpc) is 3.02. The quantitative estimate of drug-likeness (QED) is 0.732. The number of hydrogen-bond acceptors (Lipinski definition) is 3. The van der Waals surface area contributed by atoms with E-state index in [-0.39, 0.29) is 12.5 Å². The fourth-order valence-electron chi connectivity index (χ4n) is 1.51. The minimum Gasteiger partial charge on any atom is -0.398 e. The van der Waals surface area contributed by atoms with Gasteiger partial charge in [0.25, 0.3) is 5.91 Å². The molecule has 86 valence electrons. The largest absolute Gasteiger partial charge is 0.398 e. The number of rotatable bonds is 3. The number of carbonyl (C=O) groups excluding carboxylic acids is 1. The van der Waals surface area contributed by atoms with E-state index in [0.29, 0.717) is 15.7 Å². The van der Waals surface area contributed by atoms with Crippen LogP contribution in [0.5, 0.6) is 0 Å². The Morgan fingerprint density at radius 1 is 1.56 bits per heavy atom. The number of aliphatic hydroxyl groups excluding tert-OH is 1. The summed E-state index contributed by atoms with van der Waals surface area (Å²) in [5.41, 5.74) is 6.32. The smallest absolute Gasteiger partial charge is 0.253 e. The van der Waals surface area contributed by atoms with Crippen molar-refractivity contribution in [2.45, 2.75) is 18.4 Å². The molecule has 2 rings (SSSR count). The summed E-state index contributed by atoms with van der Waals surface area (Å²) in [4.78, 5) is 11.9. The van der Waals surface area contributed by atoms with Gasteiger partial charge < -0.3 is 16.2 Å². The number of halogens is 1. The summed E-state index contributed by atoms with van der Waals surface area (Å²) >= 11 is 3.28. The van der Waals surface area contributed by atoms with E-state index < -0.39 is 5.54 Å². The zero-order valence-corrected chi connectivity index (χ0v) is 10.3. The van der Waals surface area contributed by atoms with Crippen molar-refractivity contribution in [2.24, 2.45) is 0 Å². The molecule has 1 aliphatic carbocycles. The SMILES string of the molecule is Nc1cccc(C(=O)NC2(CO)CC2)c1Br. The molecule has 1 amide bonds. The molecule has 0 unspecified atom stereocenters. The van der Waals surface area contributed by atoms with Crippen LogP contribution in [0.2, 0.25) is 0 Å². The van der Waals surface area contributed by atoms with Crippen molar-refractivity contribution in [3.8, 4) is 0 Å². The Balaban J connectivity index is 2.18. The number of aliphatic hydroxyl groups is 1. The predicted octanol–water partition coefficient (Wildman–Crippen LogP) is 1.29. The fraction of sp³-hybridized carbons (Fsp3) is 0.364. The molecule has 1 aromatic rings. The number of amides is 1. The third-order valence-electron chi connectivity index (χ3n) is 2.81. The van der Waals surface area contributed by atoms with Gasteiger partial charge in [-0.2, -0.15) is 0 Å². The first kappa shape index (κ1) is 11.4. The highest BCUT2D eigenvalue weighted by molar-refractivity contribution is 9.10.